The van der Waals surface area contributed by atoms with E-state index in [0.29, 0.717) is 5.92 Å². The van der Waals surface area contributed by atoms with Crippen molar-refractivity contribution in [2.75, 3.05) is 26.2 Å². The zero-order valence-electron chi connectivity index (χ0n) is 19.2. The number of carbonyl (C=O) groups is 1. The van der Waals surface area contributed by atoms with Crippen molar-refractivity contribution in [2.24, 2.45) is 13.0 Å². The van der Waals surface area contributed by atoms with Gasteiger partial charge in [-0.05, 0) is 50.7 Å². The highest BCUT2D eigenvalue weighted by Crippen LogP contribution is 2.33. The Kier molecular flexibility index (Phi) is 5.13. The minimum atomic E-state index is 0.158. The molecule has 0 spiro atoms. The largest absolute Gasteiger partial charge is 0.358 e. The van der Waals surface area contributed by atoms with Crippen LogP contribution < -0.4 is 0 Å². The Morgan fingerprint density at radius 1 is 1.19 bits per heavy atom. The smallest absolute Gasteiger partial charge is 0.256 e. The van der Waals surface area contributed by atoms with Crippen LogP contribution in [0.2, 0.25) is 0 Å². The number of H-pyrrole nitrogens is 1. The Morgan fingerprint density at radius 2 is 1.97 bits per heavy atom. The van der Waals surface area contributed by atoms with Gasteiger partial charge in [0.05, 0.1) is 16.8 Å². The molecule has 0 radical (unpaired) electrons. The van der Waals surface area contributed by atoms with E-state index in [2.05, 4.69) is 41.8 Å². The van der Waals surface area contributed by atoms with Crippen LogP contribution in [0, 0.1) is 19.8 Å². The van der Waals surface area contributed by atoms with Crippen molar-refractivity contribution in [1.29, 1.82) is 0 Å². The number of fused-ring (bicyclic) bond motifs is 3. The highest BCUT2D eigenvalue weighted by atomic mass is 16.2. The third-order valence-electron chi connectivity index (χ3n) is 7.40. The summed E-state index contributed by atoms with van der Waals surface area (Å²) in [6.07, 6.45) is 3.42. The minimum Gasteiger partial charge on any atom is -0.358 e. The number of aromatic amines is 1. The second kappa shape index (κ2) is 7.83. The number of nitrogens with one attached hydrogen (secondary N) is 1. The van der Waals surface area contributed by atoms with E-state index >= 15 is 0 Å². The lowest BCUT2D eigenvalue weighted by Gasteiger charge is -2.35. The van der Waals surface area contributed by atoms with Gasteiger partial charge in [-0.15, -0.1) is 0 Å². The molecule has 0 saturated carbocycles. The highest BCUT2D eigenvalue weighted by molar-refractivity contribution is 6.06. The topological polar surface area (TPSA) is 57.2 Å². The predicted octanol–water partition coefficient (Wildman–Crippen LogP) is 3.60. The molecule has 2 aromatic heterocycles. The molecule has 1 fully saturated rings. The molecule has 1 amide bonds. The van der Waals surface area contributed by atoms with E-state index < -0.39 is 0 Å². The molecular formula is C25H33N5O. The van der Waals surface area contributed by atoms with E-state index in [1.807, 2.05) is 28.8 Å². The number of rotatable bonds is 3. The Labute approximate surface area is 184 Å². The lowest BCUT2D eigenvalue weighted by atomic mass is 9.87. The van der Waals surface area contributed by atoms with Gasteiger partial charge in [-0.25, -0.2) is 0 Å². The molecular weight excluding hydrogens is 386 g/mol. The third kappa shape index (κ3) is 3.57. The summed E-state index contributed by atoms with van der Waals surface area (Å²) in [4.78, 5) is 21.5. The number of carbonyl (C=O) groups excluding carboxylic acids is 1. The molecule has 6 nitrogen and oxygen atoms in total. The fourth-order valence-electron chi connectivity index (χ4n) is 5.34. The second-order valence-corrected chi connectivity index (χ2v) is 9.50. The first-order valence-electron chi connectivity index (χ1n) is 11.6. The number of piperazine rings is 1. The van der Waals surface area contributed by atoms with Crippen LogP contribution in [0.25, 0.3) is 10.9 Å². The van der Waals surface area contributed by atoms with E-state index in [0.717, 1.165) is 62.3 Å². The number of nitrogens with zero attached hydrogens (tertiary/aromatic N) is 4. The van der Waals surface area contributed by atoms with Crippen LogP contribution in [0.4, 0.5) is 0 Å². The molecule has 1 saturated heterocycles. The number of hydrogen-bond acceptors (Lipinski definition) is 3. The van der Waals surface area contributed by atoms with Gasteiger partial charge in [0.25, 0.3) is 5.91 Å². The summed E-state index contributed by atoms with van der Waals surface area (Å²) in [5, 5.41) is 5.79. The number of aryl methyl sites for hydroxylation is 3. The molecule has 1 aliphatic heterocycles. The van der Waals surface area contributed by atoms with Gasteiger partial charge in [-0.1, -0.05) is 19.1 Å². The van der Waals surface area contributed by atoms with E-state index in [4.69, 9.17) is 0 Å². The maximum atomic E-state index is 13.4. The Morgan fingerprint density at radius 3 is 2.68 bits per heavy atom. The molecule has 1 N–H and O–H groups in total. The van der Waals surface area contributed by atoms with Crippen molar-refractivity contribution in [3.63, 3.8) is 0 Å². The lowest BCUT2D eigenvalue weighted by Crippen LogP contribution is -2.48. The monoisotopic (exact) mass is 419 g/mol. The van der Waals surface area contributed by atoms with Crippen LogP contribution >= 0.6 is 0 Å². The van der Waals surface area contributed by atoms with Gasteiger partial charge in [-0.2, -0.15) is 5.10 Å². The SMILES string of the molecule is Cc1nn(C)c(C)c1CN1CCN(C(=O)c2cccc3c4c([nH]c23)CCC(C)C4)CC1. The molecule has 2 aliphatic rings. The summed E-state index contributed by atoms with van der Waals surface area (Å²) in [5.41, 5.74) is 8.28. The van der Waals surface area contributed by atoms with Gasteiger partial charge in [0.15, 0.2) is 0 Å². The van der Waals surface area contributed by atoms with E-state index in [-0.39, 0.29) is 5.91 Å². The first-order chi connectivity index (χ1) is 14.9. The molecule has 6 heteroatoms. The first kappa shape index (κ1) is 20.3. The molecule has 31 heavy (non-hydrogen) atoms. The summed E-state index contributed by atoms with van der Waals surface area (Å²) in [6.45, 7) is 10.8. The average molecular weight is 420 g/mol. The van der Waals surface area contributed by atoms with Crippen LogP contribution in [0.3, 0.4) is 0 Å². The fraction of sp³-hybridized carbons (Fsp3) is 0.520. The van der Waals surface area contributed by atoms with E-state index in [1.165, 1.54) is 34.3 Å². The lowest BCUT2D eigenvalue weighted by molar-refractivity contribution is 0.0629. The van der Waals surface area contributed by atoms with E-state index in [1.54, 1.807) is 0 Å². The Bertz CT molecular complexity index is 1130. The van der Waals surface area contributed by atoms with Gasteiger partial charge in [-0.3, -0.25) is 14.4 Å². The fourth-order valence-corrected chi connectivity index (χ4v) is 5.34. The van der Waals surface area contributed by atoms with Crippen molar-refractivity contribution in [2.45, 2.75) is 46.6 Å². The maximum Gasteiger partial charge on any atom is 0.256 e. The number of amides is 1. The summed E-state index contributed by atoms with van der Waals surface area (Å²) in [5.74, 6) is 0.872. The van der Waals surface area contributed by atoms with Crippen molar-refractivity contribution in [3.05, 3.63) is 52.0 Å². The molecule has 5 rings (SSSR count). The summed E-state index contributed by atoms with van der Waals surface area (Å²) in [6, 6.07) is 6.22. The summed E-state index contributed by atoms with van der Waals surface area (Å²) >= 11 is 0. The molecule has 1 aliphatic carbocycles. The van der Waals surface area contributed by atoms with Crippen molar-refractivity contribution in [1.82, 2.24) is 24.6 Å². The number of para-hydroxylation sites is 1. The van der Waals surface area contributed by atoms with Gasteiger partial charge in [0.1, 0.15) is 0 Å². The standard InChI is InChI=1S/C25H33N5O/c1-16-8-9-23-21(14-16)19-6-5-7-20(24(19)26-23)25(31)30-12-10-29(11-13-30)15-22-17(2)27-28(4)18(22)3/h5-7,16,26H,8-15H2,1-4H3. The van der Waals surface area contributed by atoms with Gasteiger partial charge < -0.3 is 9.88 Å². The van der Waals surface area contributed by atoms with E-state index in [9.17, 15) is 4.79 Å². The minimum absolute atomic E-state index is 0.158. The quantitative estimate of drug-likeness (QED) is 0.706. The zero-order chi connectivity index (χ0) is 21.7. The first-order valence-corrected chi connectivity index (χ1v) is 11.6. The highest BCUT2D eigenvalue weighted by Gasteiger charge is 2.27. The number of hydrogen-bond donors (Lipinski definition) is 1. The number of aromatic nitrogens is 3. The van der Waals surface area contributed by atoms with Gasteiger partial charge in [0.2, 0.25) is 0 Å². The second-order valence-electron chi connectivity index (χ2n) is 9.50. The van der Waals surface area contributed by atoms with Crippen molar-refractivity contribution in [3.8, 4) is 0 Å². The van der Waals surface area contributed by atoms with Crippen LogP contribution in [-0.2, 0) is 26.4 Å². The molecule has 164 valence electrons. The normalized spacial score (nSPS) is 19.7. The average Bonchev–Trinajstić information content (AvgIpc) is 3.25. The van der Waals surface area contributed by atoms with Crippen LogP contribution in [0.5, 0.6) is 0 Å². The third-order valence-corrected chi connectivity index (χ3v) is 7.40. The molecule has 1 aromatic carbocycles. The van der Waals surface area contributed by atoms with Crippen LogP contribution in [0.1, 0.15) is 51.9 Å². The predicted molar refractivity (Wildman–Crippen MR) is 123 cm³/mol. The molecule has 1 atom stereocenters. The van der Waals surface area contributed by atoms with Gasteiger partial charge in [0, 0.05) is 62.1 Å². The van der Waals surface area contributed by atoms with Crippen LogP contribution in [0.15, 0.2) is 18.2 Å². The zero-order valence-corrected chi connectivity index (χ0v) is 19.2. The van der Waals surface area contributed by atoms with Crippen LogP contribution in [-0.4, -0.2) is 56.7 Å². The Hall–Kier alpha value is -2.60. The van der Waals surface area contributed by atoms with Gasteiger partial charge >= 0.3 is 0 Å². The Balaban J connectivity index is 1.31. The van der Waals surface area contributed by atoms with Crippen molar-refractivity contribution < 1.29 is 4.79 Å². The molecule has 1 unspecified atom stereocenters. The summed E-state index contributed by atoms with van der Waals surface area (Å²) < 4.78 is 1.96. The molecule has 3 aromatic rings. The molecule has 3 heterocycles. The molecule has 0 bridgehead atoms. The van der Waals surface area contributed by atoms with Crippen molar-refractivity contribution >= 4 is 16.8 Å². The maximum absolute atomic E-state index is 13.4. The number of benzene rings is 1. The summed E-state index contributed by atoms with van der Waals surface area (Å²) in [7, 11) is 2.00.